The van der Waals surface area contributed by atoms with E-state index in [0.29, 0.717) is 42.5 Å². The zero-order chi connectivity index (χ0) is 22.8. The van der Waals surface area contributed by atoms with Gasteiger partial charge in [-0.05, 0) is 48.7 Å². The quantitative estimate of drug-likeness (QED) is 0.570. The van der Waals surface area contributed by atoms with Crippen LogP contribution in [0.15, 0.2) is 77.7 Å². The highest BCUT2D eigenvalue weighted by Crippen LogP contribution is 2.33. The zero-order valence-corrected chi connectivity index (χ0v) is 18.8. The molecule has 0 aromatic heterocycles. The second-order valence-corrected chi connectivity index (χ2v) is 9.82. The number of benzene rings is 3. The van der Waals surface area contributed by atoms with Gasteiger partial charge < -0.3 is 14.4 Å². The first-order valence-electron chi connectivity index (χ1n) is 10.9. The molecule has 0 spiro atoms. The second-order valence-electron chi connectivity index (χ2n) is 8.14. The number of ether oxygens (including phenoxy) is 2. The van der Waals surface area contributed by atoms with Crippen molar-refractivity contribution in [3.05, 3.63) is 83.9 Å². The van der Waals surface area contributed by atoms with Crippen LogP contribution in [0.5, 0.6) is 11.5 Å². The van der Waals surface area contributed by atoms with Crippen molar-refractivity contribution >= 4 is 21.6 Å². The molecule has 8 heteroatoms. The zero-order valence-electron chi connectivity index (χ0n) is 17.9. The summed E-state index contributed by atoms with van der Waals surface area (Å²) < 4.78 is 39.4. The Morgan fingerprint density at radius 1 is 0.909 bits per heavy atom. The predicted molar refractivity (Wildman–Crippen MR) is 124 cm³/mol. The standard InChI is InChI=1S/C25H24N2O5S/c28-25(27(21-9-10-21)17-18-5-2-1-3-6-18)19-7-4-8-20(15-19)26-33(29,30)22-11-12-23-24(16-22)32-14-13-31-23/h1-8,11-12,15-16,21,26H,9-10,13-14,17H2. The van der Waals surface area contributed by atoms with E-state index in [2.05, 4.69) is 4.72 Å². The summed E-state index contributed by atoms with van der Waals surface area (Å²) in [5.74, 6) is 0.808. The lowest BCUT2D eigenvalue weighted by Crippen LogP contribution is -2.32. The predicted octanol–water partition coefficient (Wildman–Crippen LogP) is 4.06. The average molecular weight is 465 g/mol. The lowest BCUT2D eigenvalue weighted by Gasteiger charge is -2.23. The normalized spacial score (nSPS) is 15.0. The van der Waals surface area contributed by atoms with Gasteiger partial charge in [-0.3, -0.25) is 9.52 Å². The number of rotatable bonds is 7. The molecule has 1 amide bonds. The van der Waals surface area contributed by atoms with Gasteiger partial charge in [-0.1, -0.05) is 36.4 Å². The summed E-state index contributed by atoms with van der Waals surface area (Å²) in [4.78, 5) is 15.2. The summed E-state index contributed by atoms with van der Waals surface area (Å²) in [5.41, 5.74) is 1.83. The fourth-order valence-corrected chi connectivity index (χ4v) is 4.88. The number of amides is 1. The van der Waals surface area contributed by atoms with E-state index in [4.69, 9.17) is 9.47 Å². The van der Waals surface area contributed by atoms with Crippen molar-refractivity contribution in [2.45, 2.75) is 30.3 Å². The molecule has 0 atom stereocenters. The van der Waals surface area contributed by atoms with E-state index >= 15 is 0 Å². The van der Waals surface area contributed by atoms with Crippen LogP contribution >= 0.6 is 0 Å². The van der Waals surface area contributed by atoms with Crippen LogP contribution in [-0.2, 0) is 16.6 Å². The maximum atomic E-state index is 13.3. The van der Waals surface area contributed by atoms with Gasteiger partial charge in [0.25, 0.3) is 15.9 Å². The molecule has 1 aliphatic heterocycles. The molecular formula is C25H24N2O5S. The number of carbonyl (C=O) groups excluding carboxylic acids is 1. The van der Waals surface area contributed by atoms with Crippen molar-refractivity contribution in [1.29, 1.82) is 0 Å². The van der Waals surface area contributed by atoms with E-state index in [1.54, 1.807) is 30.3 Å². The van der Waals surface area contributed by atoms with Crippen molar-refractivity contribution in [3.63, 3.8) is 0 Å². The van der Waals surface area contributed by atoms with Gasteiger partial charge >= 0.3 is 0 Å². The first-order valence-corrected chi connectivity index (χ1v) is 12.4. The third-order valence-electron chi connectivity index (χ3n) is 5.63. The molecule has 33 heavy (non-hydrogen) atoms. The average Bonchev–Trinajstić information content (AvgIpc) is 3.68. The second kappa shape index (κ2) is 8.78. The highest BCUT2D eigenvalue weighted by atomic mass is 32.2. The SMILES string of the molecule is O=C(c1cccc(NS(=O)(=O)c2ccc3c(c2)OCCO3)c1)N(Cc1ccccc1)C1CC1. The molecule has 1 heterocycles. The van der Waals surface area contributed by atoms with E-state index in [9.17, 15) is 13.2 Å². The van der Waals surface area contributed by atoms with Gasteiger partial charge in [0.2, 0.25) is 0 Å². The Balaban J connectivity index is 1.36. The van der Waals surface area contributed by atoms with Crippen molar-refractivity contribution in [1.82, 2.24) is 4.90 Å². The third-order valence-corrected chi connectivity index (χ3v) is 7.01. The number of nitrogens with one attached hydrogen (secondary N) is 1. The molecule has 1 aliphatic carbocycles. The molecular weight excluding hydrogens is 440 g/mol. The van der Waals surface area contributed by atoms with E-state index in [0.717, 1.165) is 18.4 Å². The molecule has 0 unspecified atom stereocenters. The van der Waals surface area contributed by atoms with E-state index in [1.165, 1.54) is 12.1 Å². The Morgan fingerprint density at radius 3 is 2.42 bits per heavy atom. The van der Waals surface area contributed by atoms with Crippen molar-refractivity contribution in [2.24, 2.45) is 0 Å². The maximum absolute atomic E-state index is 13.3. The summed E-state index contributed by atoms with van der Waals surface area (Å²) in [6.07, 6.45) is 1.96. The van der Waals surface area contributed by atoms with Gasteiger partial charge in [0, 0.05) is 29.9 Å². The summed E-state index contributed by atoms with van der Waals surface area (Å²) in [7, 11) is -3.87. The molecule has 1 N–H and O–H groups in total. The van der Waals surface area contributed by atoms with Gasteiger partial charge in [-0.25, -0.2) is 8.42 Å². The van der Waals surface area contributed by atoms with Crippen LogP contribution in [0.1, 0.15) is 28.8 Å². The first kappa shape index (κ1) is 21.3. The van der Waals surface area contributed by atoms with Crippen molar-refractivity contribution in [2.75, 3.05) is 17.9 Å². The molecule has 170 valence electrons. The smallest absolute Gasteiger partial charge is 0.262 e. The van der Waals surface area contributed by atoms with Gasteiger partial charge in [-0.2, -0.15) is 0 Å². The molecule has 5 rings (SSSR count). The van der Waals surface area contributed by atoms with E-state index < -0.39 is 10.0 Å². The molecule has 0 radical (unpaired) electrons. The van der Waals surface area contributed by atoms with E-state index in [1.807, 2.05) is 35.2 Å². The Morgan fingerprint density at radius 2 is 1.67 bits per heavy atom. The topological polar surface area (TPSA) is 84.9 Å². The molecule has 1 fully saturated rings. The molecule has 7 nitrogen and oxygen atoms in total. The summed E-state index contributed by atoms with van der Waals surface area (Å²) in [5, 5.41) is 0. The lowest BCUT2D eigenvalue weighted by atomic mass is 10.1. The summed E-state index contributed by atoms with van der Waals surface area (Å²) in [6.45, 7) is 1.33. The molecule has 0 saturated heterocycles. The summed E-state index contributed by atoms with van der Waals surface area (Å²) >= 11 is 0. The van der Waals surface area contributed by atoms with E-state index in [-0.39, 0.29) is 16.8 Å². The van der Waals surface area contributed by atoms with Crippen LogP contribution < -0.4 is 14.2 Å². The first-order chi connectivity index (χ1) is 16.0. The van der Waals surface area contributed by atoms with Crippen molar-refractivity contribution < 1.29 is 22.7 Å². The lowest BCUT2D eigenvalue weighted by molar-refractivity contribution is 0.0730. The van der Waals surface area contributed by atoms with Crippen LogP contribution in [-0.4, -0.2) is 38.5 Å². The fourth-order valence-electron chi connectivity index (χ4n) is 3.82. The molecule has 3 aromatic rings. The van der Waals surface area contributed by atoms with Gasteiger partial charge in [0.1, 0.15) is 13.2 Å². The van der Waals surface area contributed by atoms with Crippen LogP contribution in [0.2, 0.25) is 0 Å². The number of anilines is 1. The van der Waals surface area contributed by atoms with Gasteiger partial charge in [0.05, 0.1) is 4.90 Å². The Hall–Kier alpha value is -3.52. The minimum Gasteiger partial charge on any atom is -0.486 e. The van der Waals surface area contributed by atoms with Crippen LogP contribution in [0.3, 0.4) is 0 Å². The Bertz CT molecular complexity index is 1270. The Labute approximate surface area is 193 Å². The Kier molecular flexibility index (Phi) is 5.68. The van der Waals surface area contributed by atoms with Gasteiger partial charge in [-0.15, -0.1) is 0 Å². The highest BCUT2D eigenvalue weighted by molar-refractivity contribution is 7.92. The minimum atomic E-state index is -3.87. The number of hydrogen-bond acceptors (Lipinski definition) is 5. The number of hydrogen-bond donors (Lipinski definition) is 1. The molecule has 3 aromatic carbocycles. The van der Waals surface area contributed by atoms with Crippen molar-refractivity contribution in [3.8, 4) is 11.5 Å². The summed E-state index contributed by atoms with van der Waals surface area (Å²) in [6, 6.07) is 21.2. The monoisotopic (exact) mass is 464 g/mol. The number of fused-ring (bicyclic) bond motifs is 1. The number of sulfonamides is 1. The fraction of sp³-hybridized carbons (Fsp3) is 0.240. The highest BCUT2D eigenvalue weighted by Gasteiger charge is 2.33. The number of carbonyl (C=O) groups is 1. The van der Waals surface area contributed by atoms with Gasteiger partial charge in [0.15, 0.2) is 11.5 Å². The maximum Gasteiger partial charge on any atom is 0.262 e. The molecule has 0 bridgehead atoms. The molecule has 2 aliphatic rings. The van der Waals surface area contributed by atoms with Crippen LogP contribution in [0, 0.1) is 0 Å². The largest absolute Gasteiger partial charge is 0.486 e. The molecule has 1 saturated carbocycles. The van der Waals surface area contributed by atoms with Crippen LogP contribution in [0.25, 0.3) is 0 Å². The third kappa shape index (κ3) is 4.80. The minimum absolute atomic E-state index is 0.0622. The van der Waals surface area contributed by atoms with Crippen LogP contribution in [0.4, 0.5) is 5.69 Å². The number of nitrogens with zero attached hydrogens (tertiary/aromatic N) is 1.